The molecule has 1 heterocycles. The van der Waals surface area contributed by atoms with Gasteiger partial charge in [-0.05, 0) is 19.4 Å². The largest absolute Gasteiger partial charge is 0.354 e. The molecule has 0 unspecified atom stereocenters. The lowest BCUT2D eigenvalue weighted by atomic mass is 10.2. The van der Waals surface area contributed by atoms with E-state index in [0.29, 0.717) is 10.6 Å². The lowest BCUT2D eigenvalue weighted by Gasteiger charge is -2.03. The van der Waals surface area contributed by atoms with Crippen LogP contribution in [-0.2, 0) is 4.79 Å². The van der Waals surface area contributed by atoms with Gasteiger partial charge in [0.1, 0.15) is 0 Å². The third-order valence-corrected chi connectivity index (χ3v) is 3.25. The number of thioether (sulfide) groups is 1. The minimum atomic E-state index is -0.111. The van der Waals surface area contributed by atoms with Crippen molar-refractivity contribution in [1.82, 2.24) is 5.32 Å². The Bertz CT molecular complexity index is 430. The van der Waals surface area contributed by atoms with Crippen molar-refractivity contribution in [3.8, 4) is 0 Å². The lowest BCUT2D eigenvalue weighted by molar-refractivity contribution is -0.113. The zero-order valence-electron chi connectivity index (χ0n) is 9.33. The number of carbonyl (C=O) groups excluding carboxylic acids is 1. The van der Waals surface area contributed by atoms with E-state index in [1.54, 1.807) is 6.08 Å². The molecule has 0 saturated heterocycles. The molecule has 1 aliphatic rings. The Hall–Kier alpha value is -1.55. The van der Waals surface area contributed by atoms with Crippen molar-refractivity contribution in [2.75, 3.05) is 0 Å². The average molecular weight is 234 g/mol. The van der Waals surface area contributed by atoms with Crippen molar-refractivity contribution in [2.45, 2.75) is 13.8 Å². The molecule has 0 radical (unpaired) electrons. The summed E-state index contributed by atoms with van der Waals surface area (Å²) in [6.07, 6.45) is 6.62. The molecule has 0 amide bonds. The molecule has 4 heteroatoms. The fraction of sp³-hybridized carbons (Fsp3) is 0.167. The van der Waals surface area contributed by atoms with Gasteiger partial charge in [-0.25, -0.2) is 0 Å². The fourth-order valence-electron chi connectivity index (χ4n) is 1.26. The maximum absolute atomic E-state index is 11.3. The molecule has 0 aromatic rings. The fourth-order valence-corrected chi connectivity index (χ4v) is 2.35. The Morgan fingerprint density at radius 3 is 2.75 bits per heavy atom. The maximum atomic E-state index is 11.3. The molecule has 1 rings (SSSR count). The normalized spacial score (nSPS) is 18.6. The summed E-state index contributed by atoms with van der Waals surface area (Å²) in [5.41, 5.74) is 1.41. The molecule has 1 aliphatic heterocycles. The van der Waals surface area contributed by atoms with E-state index in [1.165, 1.54) is 18.7 Å². The molecule has 0 saturated carbocycles. The molecule has 0 atom stereocenters. The van der Waals surface area contributed by atoms with E-state index in [9.17, 15) is 4.79 Å². The second-order valence-electron chi connectivity index (χ2n) is 3.15. The Morgan fingerprint density at radius 2 is 2.31 bits per heavy atom. The Labute approximate surface area is 99.5 Å². The molecule has 16 heavy (non-hydrogen) atoms. The van der Waals surface area contributed by atoms with Crippen LogP contribution in [0, 0.1) is 5.41 Å². The first-order valence-corrected chi connectivity index (χ1v) is 5.65. The highest BCUT2D eigenvalue weighted by molar-refractivity contribution is 8.07. The molecule has 0 bridgehead atoms. The van der Waals surface area contributed by atoms with Gasteiger partial charge in [0.05, 0.1) is 10.6 Å². The molecule has 84 valence electrons. The SMILES string of the molecule is C=C/C(=C\C)C1=CN/C(=C(\C=N)C(C)=O)S1. The van der Waals surface area contributed by atoms with Gasteiger partial charge in [-0.2, -0.15) is 0 Å². The van der Waals surface area contributed by atoms with E-state index in [2.05, 4.69) is 11.9 Å². The number of nitrogens with one attached hydrogen (secondary N) is 2. The van der Waals surface area contributed by atoms with Gasteiger partial charge in [0.25, 0.3) is 0 Å². The summed E-state index contributed by atoms with van der Waals surface area (Å²) < 4.78 is 0. The zero-order chi connectivity index (χ0) is 12.1. The first kappa shape index (κ1) is 12.5. The zero-order valence-corrected chi connectivity index (χ0v) is 10.1. The van der Waals surface area contributed by atoms with Crippen LogP contribution in [0.15, 0.2) is 46.0 Å². The number of Topliss-reactive ketones (excluding diaryl/α,β-unsaturated/α-hetero) is 1. The summed E-state index contributed by atoms with van der Waals surface area (Å²) in [5.74, 6) is -0.111. The van der Waals surface area contributed by atoms with Crippen LogP contribution in [0.1, 0.15) is 13.8 Å². The van der Waals surface area contributed by atoms with Gasteiger partial charge in [0.15, 0.2) is 5.78 Å². The second kappa shape index (κ2) is 5.51. The predicted molar refractivity (Wildman–Crippen MR) is 69.3 cm³/mol. The van der Waals surface area contributed by atoms with Gasteiger partial charge in [-0.15, -0.1) is 0 Å². The van der Waals surface area contributed by atoms with Crippen LogP contribution in [0.25, 0.3) is 0 Å². The molecule has 0 spiro atoms. The van der Waals surface area contributed by atoms with E-state index in [4.69, 9.17) is 5.41 Å². The molecular weight excluding hydrogens is 220 g/mol. The molecule has 0 aromatic carbocycles. The topological polar surface area (TPSA) is 53.0 Å². The van der Waals surface area contributed by atoms with Gasteiger partial charge in [-0.3, -0.25) is 4.79 Å². The number of ketones is 1. The molecule has 0 aliphatic carbocycles. The summed E-state index contributed by atoms with van der Waals surface area (Å²) in [6, 6.07) is 0. The van der Waals surface area contributed by atoms with Crippen LogP contribution in [0.5, 0.6) is 0 Å². The molecule has 2 N–H and O–H groups in total. The van der Waals surface area contributed by atoms with Crippen molar-refractivity contribution in [1.29, 1.82) is 5.41 Å². The Balaban J connectivity index is 2.96. The van der Waals surface area contributed by atoms with E-state index < -0.39 is 0 Å². The van der Waals surface area contributed by atoms with E-state index in [0.717, 1.165) is 16.7 Å². The van der Waals surface area contributed by atoms with Gasteiger partial charge in [0.2, 0.25) is 0 Å². The predicted octanol–water partition coefficient (Wildman–Crippen LogP) is 2.75. The van der Waals surface area contributed by atoms with E-state index in [1.807, 2.05) is 19.2 Å². The standard InChI is InChI=1S/C12H14N2OS/c1-4-9(5-2)11-7-14-12(16-11)10(6-13)8(3)15/h4-7,13-14H,1H2,2-3H3/b9-5+,12-10-,13-6?. The van der Waals surface area contributed by atoms with E-state index in [-0.39, 0.29) is 5.78 Å². The first-order chi connectivity index (χ1) is 7.63. The number of hydrogen-bond acceptors (Lipinski definition) is 4. The smallest absolute Gasteiger partial charge is 0.163 e. The Morgan fingerprint density at radius 1 is 1.62 bits per heavy atom. The van der Waals surface area contributed by atoms with Crippen LogP contribution in [-0.4, -0.2) is 12.0 Å². The molecule has 3 nitrogen and oxygen atoms in total. The van der Waals surface area contributed by atoms with E-state index >= 15 is 0 Å². The van der Waals surface area contributed by atoms with Gasteiger partial charge >= 0.3 is 0 Å². The van der Waals surface area contributed by atoms with Gasteiger partial charge in [0, 0.05) is 17.3 Å². The summed E-state index contributed by atoms with van der Waals surface area (Å²) in [4.78, 5) is 12.3. The maximum Gasteiger partial charge on any atom is 0.163 e. The van der Waals surface area contributed by atoms with Crippen LogP contribution < -0.4 is 5.32 Å². The molecule has 0 fully saturated rings. The molecule has 0 aromatic heterocycles. The first-order valence-electron chi connectivity index (χ1n) is 4.83. The van der Waals surface area contributed by atoms with Crippen molar-refractivity contribution in [2.24, 2.45) is 0 Å². The third kappa shape index (κ3) is 2.52. The third-order valence-electron chi connectivity index (χ3n) is 2.13. The minimum absolute atomic E-state index is 0.111. The highest BCUT2D eigenvalue weighted by Crippen LogP contribution is 2.35. The highest BCUT2D eigenvalue weighted by atomic mass is 32.2. The quantitative estimate of drug-likeness (QED) is 0.447. The summed E-state index contributed by atoms with van der Waals surface area (Å²) in [7, 11) is 0. The van der Waals surface area contributed by atoms with Crippen molar-refractivity contribution in [3.05, 3.63) is 46.0 Å². The number of carbonyl (C=O) groups is 1. The van der Waals surface area contributed by atoms with Gasteiger partial charge < -0.3 is 10.7 Å². The monoisotopic (exact) mass is 234 g/mol. The van der Waals surface area contributed by atoms with Crippen LogP contribution in [0.3, 0.4) is 0 Å². The number of allylic oxidation sites excluding steroid dienone is 4. The minimum Gasteiger partial charge on any atom is -0.354 e. The molecular formula is C12H14N2OS. The van der Waals surface area contributed by atoms with Crippen LogP contribution in [0.4, 0.5) is 0 Å². The highest BCUT2D eigenvalue weighted by Gasteiger charge is 2.17. The second-order valence-corrected chi connectivity index (χ2v) is 4.20. The average Bonchev–Trinajstić information content (AvgIpc) is 2.70. The van der Waals surface area contributed by atoms with Crippen molar-refractivity contribution < 1.29 is 4.79 Å². The van der Waals surface area contributed by atoms with Crippen molar-refractivity contribution >= 4 is 23.8 Å². The van der Waals surface area contributed by atoms with Crippen molar-refractivity contribution in [3.63, 3.8) is 0 Å². The van der Waals surface area contributed by atoms with Crippen LogP contribution >= 0.6 is 11.8 Å². The lowest BCUT2D eigenvalue weighted by Crippen LogP contribution is -2.07. The number of rotatable bonds is 4. The summed E-state index contributed by atoms with van der Waals surface area (Å²) >= 11 is 1.45. The van der Waals surface area contributed by atoms with Gasteiger partial charge in [-0.1, -0.05) is 30.5 Å². The number of hydrogen-bond donors (Lipinski definition) is 2. The van der Waals surface area contributed by atoms with Crippen LogP contribution in [0.2, 0.25) is 0 Å². The summed E-state index contributed by atoms with van der Waals surface area (Å²) in [5, 5.41) is 10.9. The Kier molecular flexibility index (Phi) is 4.31. The summed E-state index contributed by atoms with van der Waals surface area (Å²) in [6.45, 7) is 7.11.